The van der Waals surface area contributed by atoms with Crippen LogP contribution in [0.3, 0.4) is 0 Å². The molecule has 0 saturated heterocycles. The van der Waals surface area contributed by atoms with Gasteiger partial charge in [-0.3, -0.25) is 4.79 Å². The summed E-state index contributed by atoms with van der Waals surface area (Å²) in [5.41, 5.74) is 2.65. The first-order valence-electron chi connectivity index (χ1n) is 9.74. The molecule has 3 rings (SSSR count). The maximum absolute atomic E-state index is 12.7. The van der Waals surface area contributed by atoms with Gasteiger partial charge in [0.25, 0.3) is 5.91 Å². The van der Waals surface area contributed by atoms with E-state index in [1.807, 2.05) is 49.4 Å². The van der Waals surface area contributed by atoms with E-state index in [0.717, 1.165) is 16.9 Å². The van der Waals surface area contributed by atoms with E-state index in [4.69, 9.17) is 0 Å². The SMILES string of the molecule is CC[C@H](NC(=O)c1ccc(CSc2ccccc2)cc1)c1ccc(S(C)(=O)=O)cc1. The van der Waals surface area contributed by atoms with E-state index in [-0.39, 0.29) is 16.8 Å². The zero-order chi connectivity index (χ0) is 21.6. The van der Waals surface area contributed by atoms with Gasteiger partial charge in [0.15, 0.2) is 9.84 Å². The van der Waals surface area contributed by atoms with Crippen LogP contribution in [0.15, 0.2) is 88.7 Å². The van der Waals surface area contributed by atoms with Crippen molar-refractivity contribution in [3.63, 3.8) is 0 Å². The molecule has 0 aliphatic heterocycles. The average Bonchev–Trinajstić information content (AvgIpc) is 2.76. The van der Waals surface area contributed by atoms with E-state index in [0.29, 0.717) is 12.0 Å². The number of carbonyl (C=O) groups is 1. The molecule has 0 radical (unpaired) electrons. The minimum Gasteiger partial charge on any atom is -0.345 e. The fraction of sp³-hybridized carbons (Fsp3) is 0.208. The molecule has 1 amide bonds. The molecule has 0 saturated carbocycles. The van der Waals surface area contributed by atoms with E-state index in [1.54, 1.807) is 36.0 Å². The molecular weight excluding hydrogens is 414 g/mol. The van der Waals surface area contributed by atoms with Crippen LogP contribution in [0.25, 0.3) is 0 Å². The summed E-state index contributed by atoms with van der Waals surface area (Å²) < 4.78 is 23.3. The van der Waals surface area contributed by atoms with Gasteiger partial charge in [-0.05, 0) is 53.9 Å². The van der Waals surface area contributed by atoms with E-state index < -0.39 is 9.84 Å². The molecule has 0 heterocycles. The lowest BCUT2D eigenvalue weighted by Gasteiger charge is -2.18. The van der Waals surface area contributed by atoms with E-state index >= 15 is 0 Å². The molecule has 0 bridgehead atoms. The Kier molecular flexibility index (Phi) is 7.34. The predicted molar refractivity (Wildman–Crippen MR) is 122 cm³/mol. The summed E-state index contributed by atoms with van der Waals surface area (Å²) in [6.07, 6.45) is 1.89. The molecular formula is C24H25NO3S2. The summed E-state index contributed by atoms with van der Waals surface area (Å²) in [4.78, 5) is 14.2. The third-order valence-corrected chi connectivity index (χ3v) is 7.00. The van der Waals surface area contributed by atoms with Gasteiger partial charge in [-0.25, -0.2) is 8.42 Å². The molecule has 6 heteroatoms. The first kappa shape index (κ1) is 22.1. The molecule has 3 aromatic rings. The second-order valence-corrected chi connectivity index (χ2v) is 10.1. The normalized spacial score (nSPS) is 12.3. The molecule has 1 atom stereocenters. The van der Waals surface area contributed by atoms with Gasteiger partial charge < -0.3 is 5.32 Å². The van der Waals surface area contributed by atoms with E-state index in [2.05, 4.69) is 17.4 Å². The molecule has 0 fully saturated rings. The highest BCUT2D eigenvalue weighted by Gasteiger charge is 2.15. The van der Waals surface area contributed by atoms with Crippen molar-refractivity contribution in [1.29, 1.82) is 0 Å². The van der Waals surface area contributed by atoms with Gasteiger partial charge in [-0.15, -0.1) is 11.8 Å². The summed E-state index contributed by atoms with van der Waals surface area (Å²) in [5.74, 6) is 0.701. The Morgan fingerprint density at radius 1 is 0.933 bits per heavy atom. The second-order valence-electron chi connectivity index (χ2n) is 7.07. The molecule has 0 aliphatic carbocycles. The number of sulfone groups is 1. The number of hydrogen-bond acceptors (Lipinski definition) is 4. The van der Waals surface area contributed by atoms with Gasteiger partial charge in [0.05, 0.1) is 10.9 Å². The average molecular weight is 440 g/mol. The zero-order valence-corrected chi connectivity index (χ0v) is 18.7. The number of benzene rings is 3. The van der Waals surface area contributed by atoms with Crippen LogP contribution in [0, 0.1) is 0 Å². The lowest BCUT2D eigenvalue weighted by molar-refractivity contribution is 0.0935. The van der Waals surface area contributed by atoms with Crippen molar-refractivity contribution in [3.05, 3.63) is 95.6 Å². The second kappa shape index (κ2) is 9.96. The monoisotopic (exact) mass is 439 g/mol. The molecule has 30 heavy (non-hydrogen) atoms. The summed E-state index contributed by atoms with van der Waals surface area (Å²) >= 11 is 1.76. The molecule has 156 valence electrons. The summed E-state index contributed by atoms with van der Waals surface area (Å²) in [6, 6.07) is 24.4. The van der Waals surface area contributed by atoms with Crippen molar-refractivity contribution >= 4 is 27.5 Å². The quantitative estimate of drug-likeness (QED) is 0.486. The van der Waals surface area contributed by atoms with E-state index in [1.165, 1.54) is 11.2 Å². The Bertz CT molecular complexity index is 1080. The van der Waals surface area contributed by atoms with Crippen molar-refractivity contribution in [2.45, 2.75) is 34.9 Å². The highest BCUT2D eigenvalue weighted by Crippen LogP contribution is 2.23. The van der Waals surface area contributed by atoms with Crippen LogP contribution in [0.2, 0.25) is 0 Å². The van der Waals surface area contributed by atoms with Crippen LogP contribution in [0.5, 0.6) is 0 Å². The Balaban J connectivity index is 1.62. The first-order chi connectivity index (χ1) is 14.4. The van der Waals surface area contributed by atoms with Gasteiger partial charge in [-0.2, -0.15) is 0 Å². The van der Waals surface area contributed by atoms with Gasteiger partial charge in [0.1, 0.15) is 0 Å². The Morgan fingerprint density at radius 2 is 1.57 bits per heavy atom. The number of rotatable bonds is 8. The summed E-state index contributed by atoms with van der Waals surface area (Å²) in [5, 5.41) is 3.04. The fourth-order valence-corrected chi connectivity index (χ4v) is 4.55. The van der Waals surface area contributed by atoms with E-state index in [9.17, 15) is 13.2 Å². The highest BCUT2D eigenvalue weighted by atomic mass is 32.2. The van der Waals surface area contributed by atoms with Crippen molar-refractivity contribution in [1.82, 2.24) is 5.32 Å². The van der Waals surface area contributed by atoms with Crippen LogP contribution in [-0.4, -0.2) is 20.6 Å². The summed E-state index contributed by atoms with van der Waals surface area (Å²) in [7, 11) is -3.23. The van der Waals surface area contributed by atoms with Crippen molar-refractivity contribution in [3.8, 4) is 0 Å². The predicted octanol–water partition coefficient (Wildman–Crippen LogP) is 5.26. The minimum absolute atomic E-state index is 0.142. The number of hydrogen-bond donors (Lipinski definition) is 1. The van der Waals surface area contributed by atoms with Gasteiger partial charge >= 0.3 is 0 Å². The topological polar surface area (TPSA) is 63.2 Å². The fourth-order valence-electron chi connectivity index (χ4n) is 3.05. The van der Waals surface area contributed by atoms with Gasteiger partial charge in [-0.1, -0.05) is 49.4 Å². The maximum atomic E-state index is 12.7. The molecule has 0 aliphatic rings. The van der Waals surface area contributed by atoms with Crippen LogP contribution >= 0.6 is 11.8 Å². The lowest BCUT2D eigenvalue weighted by Crippen LogP contribution is -2.28. The minimum atomic E-state index is -3.23. The molecule has 1 N–H and O–H groups in total. The Hall–Kier alpha value is -2.57. The molecule has 0 spiro atoms. The van der Waals surface area contributed by atoms with Gasteiger partial charge in [0, 0.05) is 22.5 Å². The smallest absolute Gasteiger partial charge is 0.251 e. The number of thioether (sulfide) groups is 1. The molecule has 0 aromatic heterocycles. The Morgan fingerprint density at radius 3 is 2.13 bits per heavy atom. The zero-order valence-electron chi connectivity index (χ0n) is 17.0. The maximum Gasteiger partial charge on any atom is 0.251 e. The van der Waals surface area contributed by atoms with Crippen molar-refractivity contribution in [2.75, 3.05) is 6.26 Å². The standard InChI is InChI=1S/C24H25NO3S2/c1-3-23(19-13-15-22(16-14-19)30(2,27)28)25-24(26)20-11-9-18(10-12-20)17-29-21-7-5-4-6-8-21/h4-16,23H,3,17H2,1-2H3,(H,25,26)/t23-/m0/s1. The molecule has 4 nitrogen and oxygen atoms in total. The van der Waals surface area contributed by atoms with Crippen LogP contribution < -0.4 is 5.32 Å². The third-order valence-electron chi connectivity index (χ3n) is 4.79. The van der Waals surface area contributed by atoms with Crippen LogP contribution in [0.4, 0.5) is 0 Å². The number of amides is 1. The Labute approximate surface area is 182 Å². The molecule has 3 aromatic carbocycles. The van der Waals surface area contributed by atoms with Gasteiger partial charge in [0.2, 0.25) is 0 Å². The van der Waals surface area contributed by atoms with Crippen LogP contribution in [-0.2, 0) is 15.6 Å². The highest BCUT2D eigenvalue weighted by molar-refractivity contribution is 7.98. The molecule has 0 unspecified atom stereocenters. The number of carbonyl (C=O) groups excluding carboxylic acids is 1. The largest absolute Gasteiger partial charge is 0.345 e. The number of nitrogens with one attached hydrogen (secondary N) is 1. The third kappa shape index (κ3) is 5.97. The van der Waals surface area contributed by atoms with Crippen LogP contribution in [0.1, 0.15) is 40.9 Å². The van der Waals surface area contributed by atoms with Crippen molar-refractivity contribution in [2.24, 2.45) is 0 Å². The summed E-state index contributed by atoms with van der Waals surface area (Å²) in [6.45, 7) is 1.99. The van der Waals surface area contributed by atoms with Crippen molar-refractivity contribution < 1.29 is 13.2 Å². The lowest BCUT2D eigenvalue weighted by atomic mass is 10.0. The first-order valence-corrected chi connectivity index (χ1v) is 12.6.